The van der Waals surface area contributed by atoms with Gasteiger partial charge in [0.25, 0.3) is 11.8 Å². The number of benzene rings is 1. The monoisotopic (exact) mass is 382 g/mol. The molecule has 0 saturated carbocycles. The van der Waals surface area contributed by atoms with E-state index in [1.165, 1.54) is 9.80 Å². The van der Waals surface area contributed by atoms with Crippen LogP contribution in [0.25, 0.3) is 0 Å². The molecule has 1 atom stereocenters. The standard InChI is InChI=1S/C19H29ClN4O2/c1-3-6-15(2)21-18(25)13-23-9-11-24(12-10-23)14-19(26)22-17-8-5-4-7-16(17)20/h4-5,7-8,15H,3,6,9-14H2,1-2H3,(H,21,25)(H,22,26)/p+2/t15-/m1/s1. The molecular weight excluding hydrogens is 352 g/mol. The normalized spacial score (nSPS) is 21.0. The predicted molar refractivity (Wildman–Crippen MR) is 104 cm³/mol. The Balaban J connectivity index is 1.69. The van der Waals surface area contributed by atoms with Crippen LogP contribution in [0.15, 0.2) is 24.3 Å². The number of amides is 2. The lowest BCUT2D eigenvalue weighted by atomic mass is 10.2. The lowest BCUT2D eigenvalue weighted by Crippen LogP contribution is -3.28. The van der Waals surface area contributed by atoms with Gasteiger partial charge in [-0.2, -0.15) is 0 Å². The van der Waals surface area contributed by atoms with E-state index in [9.17, 15) is 9.59 Å². The Kier molecular flexibility index (Phi) is 8.35. The first-order chi connectivity index (χ1) is 12.5. The van der Waals surface area contributed by atoms with Crippen LogP contribution >= 0.6 is 11.6 Å². The lowest BCUT2D eigenvalue weighted by molar-refractivity contribution is -1.00. The highest BCUT2D eigenvalue weighted by molar-refractivity contribution is 6.33. The number of nitrogens with one attached hydrogen (secondary N) is 4. The molecule has 0 aliphatic carbocycles. The number of halogens is 1. The van der Waals surface area contributed by atoms with Crippen molar-refractivity contribution in [3.8, 4) is 0 Å². The largest absolute Gasteiger partial charge is 0.349 e. The summed E-state index contributed by atoms with van der Waals surface area (Å²) in [5, 5.41) is 6.48. The van der Waals surface area contributed by atoms with Crippen molar-refractivity contribution in [3.05, 3.63) is 29.3 Å². The average molecular weight is 383 g/mol. The Morgan fingerprint density at radius 3 is 2.23 bits per heavy atom. The molecule has 1 fully saturated rings. The van der Waals surface area contributed by atoms with Crippen LogP contribution in [0.4, 0.5) is 5.69 Å². The number of para-hydroxylation sites is 1. The van der Waals surface area contributed by atoms with Crippen LogP contribution in [0, 0.1) is 0 Å². The molecule has 7 heteroatoms. The van der Waals surface area contributed by atoms with E-state index in [-0.39, 0.29) is 17.9 Å². The highest BCUT2D eigenvalue weighted by atomic mass is 35.5. The van der Waals surface area contributed by atoms with Gasteiger partial charge in [0.05, 0.1) is 10.7 Å². The van der Waals surface area contributed by atoms with Gasteiger partial charge in [-0.3, -0.25) is 9.59 Å². The SMILES string of the molecule is CCC[C@@H](C)NC(=O)C[NH+]1CC[NH+](CC(=O)Nc2ccccc2Cl)CC1. The molecule has 6 nitrogen and oxygen atoms in total. The van der Waals surface area contributed by atoms with Gasteiger partial charge < -0.3 is 20.4 Å². The summed E-state index contributed by atoms with van der Waals surface area (Å²) in [6.45, 7) is 8.72. The molecule has 0 unspecified atom stereocenters. The van der Waals surface area contributed by atoms with Gasteiger partial charge in [0.2, 0.25) is 0 Å². The van der Waals surface area contributed by atoms with Gasteiger partial charge in [-0.15, -0.1) is 0 Å². The van der Waals surface area contributed by atoms with Gasteiger partial charge in [0, 0.05) is 6.04 Å². The van der Waals surface area contributed by atoms with Crippen molar-refractivity contribution in [1.82, 2.24) is 5.32 Å². The summed E-state index contributed by atoms with van der Waals surface area (Å²) < 4.78 is 0. The first-order valence-electron chi connectivity index (χ1n) is 9.48. The minimum absolute atomic E-state index is 0.0253. The summed E-state index contributed by atoms with van der Waals surface area (Å²) in [7, 11) is 0. The maximum absolute atomic E-state index is 12.2. The summed E-state index contributed by atoms with van der Waals surface area (Å²) >= 11 is 6.07. The molecule has 1 aliphatic heterocycles. The number of quaternary nitrogens is 2. The molecule has 1 aromatic carbocycles. The van der Waals surface area contributed by atoms with E-state index in [2.05, 4.69) is 24.5 Å². The van der Waals surface area contributed by atoms with Crippen LogP contribution in [0.1, 0.15) is 26.7 Å². The number of anilines is 1. The Morgan fingerprint density at radius 2 is 1.65 bits per heavy atom. The number of piperazine rings is 1. The molecule has 4 N–H and O–H groups in total. The number of carbonyl (C=O) groups is 2. The third-order valence-electron chi connectivity index (χ3n) is 4.76. The van der Waals surface area contributed by atoms with Gasteiger partial charge in [-0.1, -0.05) is 37.1 Å². The van der Waals surface area contributed by atoms with Crippen LogP contribution in [0.5, 0.6) is 0 Å². The Labute approximate surface area is 160 Å². The van der Waals surface area contributed by atoms with E-state index < -0.39 is 0 Å². The molecule has 0 spiro atoms. The Morgan fingerprint density at radius 1 is 1.08 bits per heavy atom. The van der Waals surface area contributed by atoms with E-state index in [1.807, 2.05) is 12.1 Å². The van der Waals surface area contributed by atoms with E-state index in [0.717, 1.165) is 39.0 Å². The Hall–Kier alpha value is -1.63. The van der Waals surface area contributed by atoms with E-state index in [0.29, 0.717) is 23.8 Å². The molecular formula is C19H31ClN4O2+2. The minimum Gasteiger partial charge on any atom is -0.349 e. The quantitative estimate of drug-likeness (QED) is 0.483. The van der Waals surface area contributed by atoms with Crippen LogP contribution in [0.3, 0.4) is 0 Å². The van der Waals surface area contributed by atoms with Crippen molar-refractivity contribution in [2.24, 2.45) is 0 Å². The fourth-order valence-electron chi connectivity index (χ4n) is 3.35. The molecule has 1 aliphatic rings. The molecule has 2 rings (SSSR count). The predicted octanol–water partition coefficient (Wildman–Crippen LogP) is -0.633. The van der Waals surface area contributed by atoms with Crippen LogP contribution in [-0.4, -0.2) is 57.1 Å². The van der Waals surface area contributed by atoms with Gasteiger partial charge in [0.1, 0.15) is 26.2 Å². The second-order valence-corrected chi connectivity index (χ2v) is 7.55. The molecule has 26 heavy (non-hydrogen) atoms. The summed E-state index contributed by atoms with van der Waals surface area (Å²) in [5.41, 5.74) is 0.653. The topological polar surface area (TPSA) is 67.1 Å². The summed E-state index contributed by atoms with van der Waals surface area (Å²) in [6.07, 6.45) is 2.09. The van der Waals surface area contributed by atoms with E-state index in [4.69, 9.17) is 11.6 Å². The first kappa shape index (κ1) is 20.7. The van der Waals surface area contributed by atoms with Crippen LogP contribution in [0.2, 0.25) is 5.02 Å². The number of rotatable bonds is 8. The second kappa shape index (κ2) is 10.5. The van der Waals surface area contributed by atoms with Gasteiger partial charge in [0.15, 0.2) is 13.1 Å². The highest BCUT2D eigenvalue weighted by Gasteiger charge is 2.26. The lowest BCUT2D eigenvalue weighted by Gasteiger charge is -2.29. The molecule has 0 bridgehead atoms. The fourth-order valence-corrected chi connectivity index (χ4v) is 3.54. The maximum Gasteiger partial charge on any atom is 0.279 e. The fraction of sp³-hybridized carbons (Fsp3) is 0.579. The first-order valence-corrected chi connectivity index (χ1v) is 9.86. The van der Waals surface area contributed by atoms with Crippen molar-refractivity contribution < 1.29 is 19.4 Å². The third-order valence-corrected chi connectivity index (χ3v) is 5.09. The molecule has 2 amide bonds. The van der Waals surface area contributed by atoms with Crippen molar-refractivity contribution in [2.45, 2.75) is 32.7 Å². The highest BCUT2D eigenvalue weighted by Crippen LogP contribution is 2.19. The zero-order valence-corrected chi connectivity index (χ0v) is 16.5. The van der Waals surface area contributed by atoms with E-state index >= 15 is 0 Å². The van der Waals surface area contributed by atoms with Gasteiger partial charge >= 0.3 is 0 Å². The van der Waals surface area contributed by atoms with Gasteiger partial charge in [-0.25, -0.2) is 0 Å². The van der Waals surface area contributed by atoms with Gasteiger partial charge in [-0.05, 0) is 25.5 Å². The summed E-state index contributed by atoms with van der Waals surface area (Å²) in [5.74, 6) is 0.101. The number of hydrogen-bond donors (Lipinski definition) is 4. The minimum atomic E-state index is -0.0253. The summed E-state index contributed by atoms with van der Waals surface area (Å²) in [6, 6.07) is 7.49. The maximum atomic E-state index is 12.2. The number of hydrogen-bond acceptors (Lipinski definition) is 2. The van der Waals surface area contributed by atoms with Crippen molar-refractivity contribution >= 4 is 29.1 Å². The third kappa shape index (κ3) is 6.94. The molecule has 1 aromatic rings. The number of carbonyl (C=O) groups excluding carboxylic acids is 2. The molecule has 1 saturated heterocycles. The second-order valence-electron chi connectivity index (χ2n) is 7.14. The average Bonchev–Trinajstić information content (AvgIpc) is 2.59. The van der Waals surface area contributed by atoms with Crippen molar-refractivity contribution in [3.63, 3.8) is 0 Å². The van der Waals surface area contributed by atoms with Crippen molar-refractivity contribution in [2.75, 3.05) is 44.6 Å². The molecule has 0 radical (unpaired) electrons. The zero-order chi connectivity index (χ0) is 18.9. The molecule has 0 aromatic heterocycles. The molecule has 1 heterocycles. The van der Waals surface area contributed by atoms with Crippen LogP contribution < -0.4 is 20.4 Å². The summed E-state index contributed by atoms with van der Waals surface area (Å²) in [4.78, 5) is 26.8. The molecule has 144 valence electrons. The van der Waals surface area contributed by atoms with Crippen molar-refractivity contribution in [1.29, 1.82) is 0 Å². The van der Waals surface area contributed by atoms with E-state index in [1.54, 1.807) is 12.1 Å². The zero-order valence-electron chi connectivity index (χ0n) is 15.7. The van der Waals surface area contributed by atoms with Crippen LogP contribution in [-0.2, 0) is 9.59 Å². The smallest absolute Gasteiger partial charge is 0.279 e. The Bertz CT molecular complexity index is 603.